The Morgan fingerprint density at radius 2 is 2.11 bits per heavy atom. The van der Waals surface area contributed by atoms with Crippen molar-refractivity contribution in [2.75, 3.05) is 6.61 Å². The van der Waals surface area contributed by atoms with E-state index in [9.17, 15) is 0 Å². The van der Waals surface area contributed by atoms with Gasteiger partial charge in [-0.2, -0.15) is 0 Å². The number of hydrogen-bond acceptors (Lipinski definition) is 2. The molecule has 0 aromatic carbocycles. The van der Waals surface area contributed by atoms with E-state index >= 15 is 0 Å². The standard InChI is InChI=1S/C7H14O2/c1-6-4-3-5-8-7(2)9-6/h6-7H,3-5H2,1-2H3. The highest BCUT2D eigenvalue weighted by Crippen LogP contribution is 2.11. The van der Waals surface area contributed by atoms with E-state index in [0.717, 1.165) is 19.4 Å². The van der Waals surface area contributed by atoms with Gasteiger partial charge >= 0.3 is 0 Å². The third-order valence-corrected chi connectivity index (χ3v) is 1.53. The van der Waals surface area contributed by atoms with Gasteiger partial charge in [-0.05, 0) is 26.7 Å². The van der Waals surface area contributed by atoms with Gasteiger partial charge < -0.3 is 9.47 Å². The SMILES string of the molecule is CC1CCCOC(C)O1. The van der Waals surface area contributed by atoms with Gasteiger partial charge in [0.1, 0.15) is 0 Å². The molecule has 1 aliphatic heterocycles. The molecule has 2 heteroatoms. The molecule has 0 aliphatic carbocycles. The smallest absolute Gasteiger partial charge is 0.155 e. The average molecular weight is 130 g/mol. The van der Waals surface area contributed by atoms with Crippen molar-refractivity contribution in [1.82, 2.24) is 0 Å². The third-order valence-electron chi connectivity index (χ3n) is 1.53. The number of rotatable bonds is 0. The van der Waals surface area contributed by atoms with Crippen LogP contribution in [0.15, 0.2) is 0 Å². The van der Waals surface area contributed by atoms with Crippen molar-refractivity contribution in [2.45, 2.75) is 39.1 Å². The van der Waals surface area contributed by atoms with Gasteiger partial charge in [0.05, 0.1) is 6.10 Å². The summed E-state index contributed by atoms with van der Waals surface area (Å²) in [5, 5.41) is 0. The highest BCUT2D eigenvalue weighted by Gasteiger charge is 2.12. The molecule has 1 aliphatic rings. The molecule has 2 unspecified atom stereocenters. The summed E-state index contributed by atoms with van der Waals surface area (Å²) in [4.78, 5) is 0. The van der Waals surface area contributed by atoms with Crippen LogP contribution in [0.25, 0.3) is 0 Å². The minimum absolute atomic E-state index is 0.00231. The maximum absolute atomic E-state index is 5.39. The van der Waals surface area contributed by atoms with Gasteiger partial charge in [-0.25, -0.2) is 0 Å². The molecule has 9 heavy (non-hydrogen) atoms. The second-order valence-corrected chi connectivity index (χ2v) is 2.53. The van der Waals surface area contributed by atoms with E-state index in [1.807, 2.05) is 6.92 Å². The summed E-state index contributed by atoms with van der Waals surface area (Å²) in [6, 6.07) is 0. The quantitative estimate of drug-likeness (QED) is 0.495. The zero-order valence-electron chi connectivity index (χ0n) is 6.09. The Balaban J connectivity index is 2.29. The minimum atomic E-state index is 0.00231. The Morgan fingerprint density at radius 1 is 1.33 bits per heavy atom. The summed E-state index contributed by atoms with van der Waals surface area (Å²) in [6.45, 7) is 4.89. The first-order chi connectivity index (χ1) is 4.29. The molecule has 1 saturated heterocycles. The van der Waals surface area contributed by atoms with E-state index in [-0.39, 0.29) is 6.29 Å². The monoisotopic (exact) mass is 130 g/mol. The molecule has 0 bridgehead atoms. The minimum Gasteiger partial charge on any atom is -0.353 e. The maximum Gasteiger partial charge on any atom is 0.155 e. The lowest BCUT2D eigenvalue weighted by Crippen LogP contribution is -2.15. The molecule has 2 atom stereocenters. The lowest BCUT2D eigenvalue weighted by Gasteiger charge is -2.12. The van der Waals surface area contributed by atoms with Crippen LogP contribution in [-0.2, 0) is 9.47 Å². The Bertz CT molecular complexity index is 73.0. The molecule has 0 N–H and O–H groups in total. The molecule has 0 aromatic rings. The van der Waals surface area contributed by atoms with Crippen molar-refractivity contribution in [3.05, 3.63) is 0 Å². The van der Waals surface area contributed by atoms with Crippen molar-refractivity contribution in [3.63, 3.8) is 0 Å². The first-order valence-electron chi connectivity index (χ1n) is 3.56. The van der Waals surface area contributed by atoms with E-state index in [1.54, 1.807) is 0 Å². The molecule has 1 rings (SSSR count). The fraction of sp³-hybridized carbons (Fsp3) is 1.00. The number of ether oxygens (including phenoxy) is 2. The van der Waals surface area contributed by atoms with Gasteiger partial charge in [0, 0.05) is 6.61 Å². The Hall–Kier alpha value is -0.0800. The lowest BCUT2D eigenvalue weighted by atomic mass is 10.2. The largest absolute Gasteiger partial charge is 0.353 e. The van der Waals surface area contributed by atoms with Crippen LogP contribution in [0.1, 0.15) is 26.7 Å². The van der Waals surface area contributed by atoms with Gasteiger partial charge in [0.15, 0.2) is 6.29 Å². The highest BCUT2D eigenvalue weighted by atomic mass is 16.7. The van der Waals surface area contributed by atoms with Gasteiger partial charge in [0.2, 0.25) is 0 Å². The fourth-order valence-corrected chi connectivity index (χ4v) is 1.05. The third kappa shape index (κ3) is 2.33. The summed E-state index contributed by atoms with van der Waals surface area (Å²) < 4.78 is 10.6. The second kappa shape index (κ2) is 3.18. The predicted molar refractivity (Wildman–Crippen MR) is 35.2 cm³/mol. The van der Waals surface area contributed by atoms with Crippen LogP contribution in [-0.4, -0.2) is 19.0 Å². The maximum atomic E-state index is 5.39. The molecule has 0 saturated carbocycles. The molecule has 0 amide bonds. The molecule has 2 nitrogen and oxygen atoms in total. The highest BCUT2D eigenvalue weighted by molar-refractivity contribution is 4.54. The molecule has 54 valence electrons. The Labute approximate surface area is 56.2 Å². The lowest BCUT2D eigenvalue weighted by molar-refractivity contribution is -0.137. The first kappa shape index (κ1) is 7.03. The number of hydrogen-bond donors (Lipinski definition) is 0. The van der Waals surface area contributed by atoms with E-state index < -0.39 is 0 Å². The van der Waals surface area contributed by atoms with Gasteiger partial charge in [-0.1, -0.05) is 0 Å². The summed E-state index contributed by atoms with van der Waals surface area (Å²) in [6.07, 6.45) is 2.64. The molecule has 1 heterocycles. The summed E-state index contributed by atoms with van der Waals surface area (Å²) >= 11 is 0. The topological polar surface area (TPSA) is 18.5 Å². The Kier molecular flexibility index (Phi) is 2.49. The summed E-state index contributed by atoms with van der Waals surface area (Å²) in [5.41, 5.74) is 0. The van der Waals surface area contributed by atoms with Crippen molar-refractivity contribution in [2.24, 2.45) is 0 Å². The van der Waals surface area contributed by atoms with E-state index in [2.05, 4.69) is 6.92 Å². The molecule has 0 aromatic heterocycles. The van der Waals surface area contributed by atoms with Gasteiger partial charge in [0.25, 0.3) is 0 Å². The van der Waals surface area contributed by atoms with E-state index in [1.165, 1.54) is 0 Å². The van der Waals surface area contributed by atoms with Crippen molar-refractivity contribution in [1.29, 1.82) is 0 Å². The molecule has 0 radical (unpaired) electrons. The molecule has 0 spiro atoms. The van der Waals surface area contributed by atoms with Crippen LogP contribution in [0.5, 0.6) is 0 Å². The molecular formula is C7H14O2. The Morgan fingerprint density at radius 3 is 2.89 bits per heavy atom. The first-order valence-corrected chi connectivity index (χ1v) is 3.56. The van der Waals surface area contributed by atoms with Gasteiger partial charge in [-0.3, -0.25) is 0 Å². The summed E-state index contributed by atoms with van der Waals surface area (Å²) in [5.74, 6) is 0. The molecular weight excluding hydrogens is 116 g/mol. The van der Waals surface area contributed by atoms with Crippen LogP contribution in [0.3, 0.4) is 0 Å². The summed E-state index contributed by atoms with van der Waals surface area (Å²) in [7, 11) is 0. The van der Waals surface area contributed by atoms with Crippen LogP contribution in [0.4, 0.5) is 0 Å². The van der Waals surface area contributed by atoms with Crippen molar-refractivity contribution < 1.29 is 9.47 Å². The van der Waals surface area contributed by atoms with Gasteiger partial charge in [-0.15, -0.1) is 0 Å². The second-order valence-electron chi connectivity index (χ2n) is 2.53. The predicted octanol–water partition coefficient (Wildman–Crippen LogP) is 1.55. The fourth-order valence-electron chi connectivity index (χ4n) is 1.05. The normalized spacial score (nSPS) is 38.0. The van der Waals surface area contributed by atoms with Crippen LogP contribution < -0.4 is 0 Å². The van der Waals surface area contributed by atoms with E-state index in [0.29, 0.717) is 6.10 Å². The van der Waals surface area contributed by atoms with Crippen molar-refractivity contribution in [3.8, 4) is 0 Å². The van der Waals surface area contributed by atoms with Crippen LogP contribution in [0, 0.1) is 0 Å². The molecule has 1 fully saturated rings. The zero-order chi connectivity index (χ0) is 6.69. The van der Waals surface area contributed by atoms with E-state index in [4.69, 9.17) is 9.47 Å². The zero-order valence-corrected chi connectivity index (χ0v) is 6.09. The van der Waals surface area contributed by atoms with Crippen LogP contribution >= 0.6 is 0 Å². The van der Waals surface area contributed by atoms with Crippen molar-refractivity contribution >= 4 is 0 Å². The van der Waals surface area contributed by atoms with Crippen LogP contribution in [0.2, 0.25) is 0 Å². The average Bonchev–Trinajstić information content (AvgIpc) is 1.93.